The summed E-state index contributed by atoms with van der Waals surface area (Å²) < 4.78 is 38.3. The Bertz CT molecular complexity index is 540. The van der Waals surface area contributed by atoms with Crippen LogP contribution in [0.5, 0.6) is 0 Å². The summed E-state index contributed by atoms with van der Waals surface area (Å²) >= 11 is 5.76. The molecule has 0 amide bonds. The van der Waals surface area contributed by atoms with Crippen LogP contribution in [-0.4, -0.2) is 9.97 Å². The van der Waals surface area contributed by atoms with E-state index >= 15 is 0 Å². The maximum Gasteiger partial charge on any atom is 0.417 e. The standard InChI is InChI=1S/C11H6ClF3N2/c12-10-8(5-16-6-17-10)7-3-1-2-4-9(7)11(13,14)15/h1-6H. The van der Waals surface area contributed by atoms with Crippen molar-refractivity contribution in [3.8, 4) is 11.1 Å². The first-order valence-electron chi connectivity index (χ1n) is 4.62. The van der Waals surface area contributed by atoms with E-state index in [1.54, 1.807) is 0 Å². The molecule has 0 saturated heterocycles. The van der Waals surface area contributed by atoms with E-state index < -0.39 is 11.7 Å². The molecule has 0 aliphatic heterocycles. The molecule has 0 N–H and O–H groups in total. The molecule has 2 nitrogen and oxygen atoms in total. The molecule has 0 aliphatic rings. The first kappa shape index (κ1) is 11.9. The SMILES string of the molecule is FC(F)(F)c1ccccc1-c1cncnc1Cl. The number of halogens is 4. The molecule has 17 heavy (non-hydrogen) atoms. The van der Waals surface area contributed by atoms with Crippen LogP contribution in [0.15, 0.2) is 36.8 Å². The van der Waals surface area contributed by atoms with Crippen molar-refractivity contribution in [2.24, 2.45) is 0 Å². The van der Waals surface area contributed by atoms with Crippen LogP contribution in [0.3, 0.4) is 0 Å². The lowest BCUT2D eigenvalue weighted by Gasteiger charge is -2.12. The van der Waals surface area contributed by atoms with Gasteiger partial charge in [0.2, 0.25) is 0 Å². The van der Waals surface area contributed by atoms with E-state index in [-0.39, 0.29) is 16.3 Å². The molecule has 0 aliphatic carbocycles. The van der Waals surface area contributed by atoms with Gasteiger partial charge in [-0.3, -0.25) is 0 Å². The molecule has 0 spiro atoms. The Kier molecular flexibility index (Phi) is 3.02. The fraction of sp³-hybridized carbons (Fsp3) is 0.0909. The van der Waals surface area contributed by atoms with Crippen molar-refractivity contribution in [2.45, 2.75) is 6.18 Å². The molecule has 1 aromatic heterocycles. The summed E-state index contributed by atoms with van der Waals surface area (Å²) in [4.78, 5) is 7.35. The summed E-state index contributed by atoms with van der Waals surface area (Å²) in [6.45, 7) is 0. The van der Waals surface area contributed by atoms with Gasteiger partial charge in [-0.1, -0.05) is 29.8 Å². The topological polar surface area (TPSA) is 25.8 Å². The number of hydrogen-bond donors (Lipinski definition) is 0. The second-order valence-electron chi connectivity index (χ2n) is 3.27. The molecule has 0 radical (unpaired) electrons. The third kappa shape index (κ3) is 2.39. The van der Waals surface area contributed by atoms with Gasteiger partial charge in [0.1, 0.15) is 11.5 Å². The average Bonchev–Trinajstić information content (AvgIpc) is 2.28. The van der Waals surface area contributed by atoms with Gasteiger partial charge in [-0.15, -0.1) is 0 Å². The second-order valence-corrected chi connectivity index (χ2v) is 3.63. The minimum Gasteiger partial charge on any atom is -0.244 e. The summed E-state index contributed by atoms with van der Waals surface area (Å²) in [6.07, 6.45) is -1.99. The van der Waals surface area contributed by atoms with Gasteiger partial charge in [0.25, 0.3) is 0 Å². The normalized spacial score (nSPS) is 11.5. The fourth-order valence-electron chi connectivity index (χ4n) is 1.46. The van der Waals surface area contributed by atoms with Crippen LogP contribution in [0.25, 0.3) is 11.1 Å². The zero-order chi connectivity index (χ0) is 12.5. The fourth-order valence-corrected chi connectivity index (χ4v) is 1.65. The van der Waals surface area contributed by atoms with E-state index in [9.17, 15) is 13.2 Å². The molecular formula is C11H6ClF3N2. The van der Waals surface area contributed by atoms with Crippen molar-refractivity contribution in [1.82, 2.24) is 9.97 Å². The lowest BCUT2D eigenvalue weighted by atomic mass is 10.0. The number of aromatic nitrogens is 2. The zero-order valence-corrected chi connectivity index (χ0v) is 9.13. The minimum atomic E-state index is -4.43. The number of nitrogens with zero attached hydrogens (tertiary/aromatic N) is 2. The summed E-state index contributed by atoms with van der Waals surface area (Å²) in [6, 6.07) is 5.17. The van der Waals surface area contributed by atoms with Crippen LogP contribution in [0, 0.1) is 0 Å². The van der Waals surface area contributed by atoms with Crippen molar-refractivity contribution < 1.29 is 13.2 Å². The summed E-state index contributed by atoms with van der Waals surface area (Å²) in [5, 5.41) is -0.00306. The Hall–Kier alpha value is -1.62. The number of alkyl halides is 3. The third-order valence-corrected chi connectivity index (χ3v) is 2.49. The lowest BCUT2D eigenvalue weighted by molar-refractivity contribution is -0.137. The predicted molar refractivity (Wildman–Crippen MR) is 57.5 cm³/mol. The maximum atomic E-state index is 12.8. The number of rotatable bonds is 1. The molecule has 2 aromatic rings. The molecule has 0 bridgehead atoms. The largest absolute Gasteiger partial charge is 0.417 e. The predicted octanol–water partition coefficient (Wildman–Crippen LogP) is 3.82. The highest BCUT2D eigenvalue weighted by molar-refractivity contribution is 6.32. The molecular weight excluding hydrogens is 253 g/mol. The Morgan fingerprint density at radius 2 is 1.76 bits per heavy atom. The van der Waals surface area contributed by atoms with Crippen LogP contribution >= 0.6 is 11.6 Å². The van der Waals surface area contributed by atoms with Gasteiger partial charge < -0.3 is 0 Å². The molecule has 0 unspecified atom stereocenters. The lowest BCUT2D eigenvalue weighted by Crippen LogP contribution is -2.07. The zero-order valence-electron chi connectivity index (χ0n) is 8.37. The van der Waals surface area contributed by atoms with Gasteiger partial charge in [-0.25, -0.2) is 9.97 Å². The van der Waals surface area contributed by atoms with Crippen LogP contribution < -0.4 is 0 Å². The monoisotopic (exact) mass is 258 g/mol. The van der Waals surface area contributed by atoms with Gasteiger partial charge >= 0.3 is 6.18 Å². The smallest absolute Gasteiger partial charge is 0.244 e. The molecule has 88 valence electrons. The Labute approximate surface area is 100 Å². The van der Waals surface area contributed by atoms with Crippen LogP contribution in [-0.2, 0) is 6.18 Å². The van der Waals surface area contributed by atoms with E-state index in [2.05, 4.69) is 9.97 Å². The molecule has 0 saturated carbocycles. The van der Waals surface area contributed by atoms with Crippen molar-refractivity contribution in [3.05, 3.63) is 47.5 Å². The molecule has 1 aromatic carbocycles. The average molecular weight is 259 g/mol. The summed E-state index contributed by atoms with van der Waals surface area (Å²) in [5.74, 6) is 0. The molecule has 2 rings (SSSR count). The summed E-state index contributed by atoms with van der Waals surface area (Å²) in [7, 11) is 0. The molecule has 6 heteroatoms. The second kappa shape index (κ2) is 4.33. The van der Waals surface area contributed by atoms with Crippen molar-refractivity contribution >= 4 is 11.6 Å². The first-order chi connectivity index (χ1) is 8.00. The number of hydrogen-bond acceptors (Lipinski definition) is 2. The highest BCUT2D eigenvalue weighted by Gasteiger charge is 2.33. The van der Waals surface area contributed by atoms with Gasteiger partial charge in [0.15, 0.2) is 0 Å². The quantitative estimate of drug-likeness (QED) is 0.727. The maximum absolute atomic E-state index is 12.8. The minimum absolute atomic E-state index is 0.00306. The van der Waals surface area contributed by atoms with Crippen LogP contribution in [0.4, 0.5) is 13.2 Å². The Balaban J connectivity index is 2.65. The highest BCUT2D eigenvalue weighted by atomic mass is 35.5. The Morgan fingerprint density at radius 1 is 1.06 bits per heavy atom. The third-order valence-electron chi connectivity index (χ3n) is 2.19. The highest BCUT2D eigenvalue weighted by Crippen LogP contribution is 2.38. The van der Waals surface area contributed by atoms with E-state index in [1.807, 2.05) is 0 Å². The van der Waals surface area contributed by atoms with Crippen molar-refractivity contribution in [3.63, 3.8) is 0 Å². The van der Waals surface area contributed by atoms with Crippen LogP contribution in [0.1, 0.15) is 5.56 Å². The van der Waals surface area contributed by atoms with Crippen molar-refractivity contribution in [2.75, 3.05) is 0 Å². The molecule has 0 atom stereocenters. The first-order valence-corrected chi connectivity index (χ1v) is 5.00. The number of benzene rings is 1. The van der Waals surface area contributed by atoms with Gasteiger partial charge in [-0.05, 0) is 11.6 Å². The van der Waals surface area contributed by atoms with Crippen molar-refractivity contribution in [1.29, 1.82) is 0 Å². The summed E-state index contributed by atoms with van der Waals surface area (Å²) in [5.41, 5.74) is -0.607. The van der Waals surface area contributed by atoms with E-state index in [4.69, 9.17) is 11.6 Å². The van der Waals surface area contributed by atoms with Gasteiger partial charge in [0, 0.05) is 11.8 Å². The van der Waals surface area contributed by atoms with Gasteiger partial charge in [0.05, 0.1) is 5.56 Å². The molecule has 0 fully saturated rings. The van der Waals surface area contributed by atoms with Crippen LogP contribution in [0.2, 0.25) is 5.15 Å². The molecule has 1 heterocycles. The van der Waals surface area contributed by atoms with Gasteiger partial charge in [-0.2, -0.15) is 13.2 Å². The Morgan fingerprint density at radius 3 is 2.41 bits per heavy atom. The van der Waals surface area contributed by atoms with E-state index in [0.29, 0.717) is 0 Å². The van der Waals surface area contributed by atoms with E-state index in [1.165, 1.54) is 30.7 Å². The van der Waals surface area contributed by atoms with E-state index in [0.717, 1.165) is 6.07 Å².